The molecule has 0 bridgehead atoms. The minimum atomic E-state index is -0.546. The number of aromatic nitrogens is 4. The Morgan fingerprint density at radius 1 is 1.35 bits per heavy atom. The van der Waals surface area contributed by atoms with Gasteiger partial charge in [0.2, 0.25) is 5.95 Å². The number of hydrogen-bond donors (Lipinski definition) is 2. The van der Waals surface area contributed by atoms with Crippen molar-refractivity contribution in [2.45, 2.75) is 26.3 Å². The summed E-state index contributed by atoms with van der Waals surface area (Å²) in [4.78, 5) is 14.7. The first-order valence-electron chi connectivity index (χ1n) is 5.40. The number of anilines is 1. The number of aromatic amines is 1. The summed E-state index contributed by atoms with van der Waals surface area (Å²) in [5.74, 6) is 1.21. The van der Waals surface area contributed by atoms with E-state index in [4.69, 9.17) is 0 Å². The molecule has 17 heavy (non-hydrogen) atoms. The Labute approximate surface area is 98.5 Å². The zero-order valence-electron chi connectivity index (χ0n) is 9.74. The van der Waals surface area contributed by atoms with Gasteiger partial charge in [-0.1, -0.05) is 13.8 Å². The van der Waals surface area contributed by atoms with E-state index in [2.05, 4.69) is 39.1 Å². The number of nitrogens with one attached hydrogen (secondary N) is 2. The highest BCUT2D eigenvalue weighted by molar-refractivity contribution is 5.32. The van der Waals surface area contributed by atoms with Crippen LogP contribution in [0, 0.1) is 5.95 Å². The van der Waals surface area contributed by atoms with Crippen molar-refractivity contribution in [2.75, 3.05) is 5.32 Å². The highest BCUT2D eigenvalue weighted by Gasteiger charge is 2.04. The van der Waals surface area contributed by atoms with Crippen LogP contribution in [-0.2, 0) is 6.54 Å². The lowest BCUT2D eigenvalue weighted by molar-refractivity contribution is 0.580. The third-order valence-electron chi connectivity index (χ3n) is 2.29. The molecule has 2 N–H and O–H groups in total. The summed E-state index contributed by atoms with van der Waals surface area (Å²) < 4.78 is 12.8. The van der Waals surface area contributed by atoms with Crippen molar-refractivity contribution in [3.05, 3.63) is 36.1 Å². The molecule has 0 amide bonds. The minimum absolute atomic E-state index is 0.361. The van der Waals surface area contributed by atoms with Gasteiger partial charge in [0.25, 0.3) is 0 Å². The van der Waals surface area contributed by atoms with Crippen molar-refractivity contribution in [3.8, 4) is 0 Å². The highest BCUT2D eigenvalue weighted by atomic mass is 19.1. The maximum atomic E-state index is 12.8. The predicted octanol–water partition coefficient (Wildman–Crippen LogP) is 2.07. The molecule has 2 aromatic heterocycles. The fourth-order valence-electron chi connectivity index (χ4n) is 1.38. The SMILES string of the molecule is CC(C)c1ncc(CNc2cc(F)ncn2)[nH]1. The lowest BCUT2D eigenvalue weighted by Crippen LogP contribution is -2.03. The average Bonchev–Trinajstić information content (AvgIpc) is 2.75. The molecule has 2 heterocycles. The van der Waals surface area contributed by atoms with Crippen LogP contribution in [0.5, 0.6) is 0 Å². The van der Waals surface area contributed by atoms with Crippen LogP contribution in [-0.4, -0.2) is 19.9 Å². The topological polar surface area (TPSA) is 66.5 Å². The van der Waals surface area contributed by atoms with Crippen molar-refractivity contribution < 1.29 is 4.39 Å². The van der Waals surface area contributed by atoms with Gasteiger partial charge < -0.3 is 10.3 Å². The van der Waals surface area contributed by atoms with Crippen LogP contribution in [0.3, 0.4) is 0 Å². The van der Waals surface area contributed by atoms with Gasteiger partial charge in [0.05, 0.1) is 18.4 Å². The van der Waals surface area contributed by atoms with Gasteiger partial charge in [0, 0.05) is 12.0 Å². The second kappa shape index (κ2) is 4.90. The summed E-state index contributed by atoms with van der Waals surface area (Å²) >= 11 is 0. The minimum Gasteiger partial charge on any atom is -0.364 e. The molecule has 90 valence electrons. The Bertz CT molecular complexity index is 494. The maximum Gasteiger partial charge on any atom is 0.217 e. The second-order valence-electron chi connectivity index (χ2n) is 4.03. The fourth-order valence-corrected chi connectivity index (χ4v) is 1.38. The smallest absolute Gasteiger partial charge is 0.217 e. The molecule has 0 spiro atoms. The van der Waals surface area contributed by atoms with Gasteiger partial charge in [-0.3, -0.25) is 0 Å². The van der Waals surface area contributed by atoms with E-state index >= 15 is 0 Å². The molecule has 5 nitrogen and oxygen atoms in total. The van der Waals surface area contributed by atoms with Crippen molar-refractivity contribution in [2.24, 2.45) is 0 Å². The summed E-state index contributed by atoms with van der Waals surface area (Å²) in [5, 5.41) is 2.99. The third kappa shape index (κ3) is 2.99. The number of hydrogen-bond acceptors (Lipinski definition) is 4. The normalized spacial score (nSPS) is 10.8. The Hall–Kier alpha value is -1.98. The lowest BCUT2D eigenvalue weighted by Gasteiger charge is -2.03. The van der Waals surface area contributed by atoms with Gasteiger partial charge >= 0.3 is 0 Å². The molecule has 0 aliphatic carbocycles. The van der Waals surface area contributed by atoms with Gasteiger partial charge in [-0.05, 0) is 0 Å². The van der Waals surface area contributed by atoms with Crippen LogP contribution in [0.4, 0.5) is 10.2 Å². The maximum absolute atomic E-state index is 12.8. The first kappa shape index (κ1) is 11.5. The molecule has 0 aliphatic rings. The number of imidazole rings is 1. The molecule has 0 aliphatic heterocycles. The molecule has 6 heteroatoms. The molecule has 2 rings (SSSR count). The Balaban J connectivity index is 1.97. The largest absolute Gasteiger partial charge is 0.364 e. The molecule has 0 saturated heterocycles. The van der Waals surface area contributed by atoms with Gasteiger partial charge in [-0.2, -0.15) is 4.39 Å². The molecule has 0 radical (unpaired) electrons. The first-order chi connectivity index (χ1) is 8.15. The van der Waals surface area contributed by atoms with E-state index in [1.807, 2.05) is 0 Å². The van der Waals surface area contributed by atoms with E-state index < -0.39 is 5.95 Å². The van der Waals surface area contributed by atoms with Gasteiger partial charge in [0.1, 0.15) is 18.0 Å². The van der Waals surface area contributed by atoms with Crippen molar-refractivity contribution in [1.82, 2.24) is 19.9 Å². The van der Waals surface area contributed by atoms with E-state index in [1.165, 1.54) is 12.4 Å². The van der Waals surface area contributed by atoms with Gasteiger partial charge in [-0.15, -0.1) is 0 Å². The highest BCUT2D eigenvalue weighted by Crippen LogP contribution is 2.10. The van der Waals surface area contributed by atoms with Crippen molar-refractivity contribution >= 4 is 5.82 Å². The Kier molecular flexibility index (Phi) is 3.32. The summed E-state index contributed by atoms with van der Waals surface area (Å²) in [5.41, 5.74) is 0.938. The first-order valence-corrected chi connectivity index (χ1v) is 5.40. The van der Waals surface area contributed by atoms with E-state index in [0.29, 0.717) is 18.3 Å². The molecular formula is C11H14FN5. The van der Waals surface area contributed by atoms with E-state index in [1.54, 1.807) is 6.20 Å². The molecule has 0 saturated carbocycles. The van der Waals surface area contributed by atoms with Crippen LogP contribution in [0.25, 0.3) is 0 Å². The molecule has 0 fully saturated rings. The van der Waals surface area contributed by atoms with Crippen molar-refractivity contribution in [1.29, 1.82) is 0 Å². The molecule has 0 aromatic carbocycles. The number of halogens is 1. The van der Waals surface area contributed by atoms with Crippen LogP contribution < -0.4 is 5.32 Å². The average molecular weight is 235 g/mol. The molecule has 0 unspecified atom stereocenters. The van der Waals surface area contributed by atoms with Crippen LogP contribution in [0.1, 0.15) is 31.3 Å². The molecule has 0 atom stereocenters. The monoisotopic (exact) mass is 235 g/mol. The zero-order chi connectivity index (χ0) is 12.3. The van der Waals surface area contributed by atoms with Crippen molar-refractivity contribution in [3.63, 3.8) is 0 Å². The van der Waals surface area contributed by atoms with E-state index in [0.717, 1.165) is 11.5 Å². The van der Waals surface area contributed by atoms with Crippen LogP contribution >= 0.6 is 0 Å². The summed E-state index contributed by atoms with van der Waals surface area (Å²) in [6.07, 6.45) is 2.95. The number of nitrogens with zero attached hydrogens (tertiary/aromatic N) is 3. The predicted molar refractivity (Wildman–Crippen MR) is 62.0 cm³/mol. The summed E-state index contributed by atoms with van der Waals surface area (Å²) in [6.45, 7) is 4.65. The quantitative estimate of drug-likeness (QED) is 0.796. The third-order valence-corrected chi connectivity index (χ3v) is 2.29. The lowest BCUT2D eigenvalue weighted by atomic mass is 10.2. The Morgan fingerprint density at radius 2 is 2.18 bits per heavy atom. The number of rotatable bonds is 4. The number of H-pyrrole nitrogens is 1. The summed E-state index contributed by atoms with van der Waals surface area (Å²) in [6, 6.07) is 1.25. The molecular weight excluding hydrogens is 221 g/mol. The van der Waals surface area contributed by atoms with Gasteiger partial charge in [0.15, 0.2) is 0 Å². The van der Waals surface area contributed by atoms with Crippen LogP contribution in [0.2, 0.25) is 0 Å². The Morgan fingerprint density at radius 3 is 2.82 bits per heavy atom. The van der Waals surface area contributed by atoms with E-state index in [-0.39, 0.29) is 0 Å². The summed E-state index contributed by atoms with van der Waals surface area (Å²) in [7, 11) is 0. The van der Waals surface area contributed by atoms with Crippen LogP contribution in [0.15, 0.2) is 18.6 Å². The molecule has 2 aromatic rings. The van der Waals surface area contributed by atoms with E-state index in [9.17, 15) is 4.39 Å². The zero-order valence-corrected chi connectivity index (χ0v) is 9.74. The fraction of sp³-hybridized carbons (Fsp3) is 0.364. The van der Waals surface area contributed by atoms with Gasteiger partial charge in [-0.25, -0.2) is 15.0 Å². The second-order valence-corrected chi connectivity index (χ2v) is 4.03. The standard InChI is InChI=1S/C11H14FN5/c1-7(2)11-14-5-8(17-11)4-13-10-3-9(12)15-6-16-10/h3,5-7H,4H2,1-2H3,(H,14,17)(H,13,15,16).